The molecule has 0 unspecified atom stereocenters. The van der Waals surface area contributed by atoms with Crippen LogP contribution in [0.25, 0.3) is 0 Å². The molecule has 0 aliphatic carbocycles. The number of hydrogen-bond donors (Lipinski definition) is 2. The molecular weight excluding hydrogens is 190 g/mol. The summed E-state index contributed by atoms with van der Waals surface area (Å²) in [4.78, 5) is 0. The monoisotopic (exact) mass is 211 g/mol. The zero-order valence-electron chi connectivity index (χ0n) is 10.0. The molecule has 0 fully saturated rings. The van der Waals surface area contributed by atoms with Gasteiger partial charge in [0, 0.05) is 30.9 Å². The summed E-state index contributed by atoms with van der Waals surface area (Å²) < 4.78 is 1.90. The van der Waals surface area contributed by atoms with E-state index in [4.69, 9.17) is 5.11 Å². The first-order chi connectivity index (χ1) is 7.10. The van der Waals surface area contributed by atoms with Crippen molar-refractivity contribution in [2.24, 2.45) is 7.05 Å². The summed E-state index contributed by atoms with van der Waals surface area (Å²) in [5, 5.41) is 16.7. The van der Waals surface area contributed by atoms with Crippen molar-refractivity contribution in [3.05, 3.63) is 17.0 Å². The largest absolute Gasteiger partial charge is 0.395 e. The molecule has 0 radical (unpaired) electrons. The van der Waals surface area contributed by atoms with E-state index in [0.717, 1.165) is 18.7 Å². The Morgan fingerprint density at radius 1 is 1.47 bits per heavy atom. The third-order valence-corrected chi connectivity index (χ3v) is 2.94. The number of aryl methyl sites for hydroxylation is 2. The van der Waals surface area contributed by atoms with Gasteiger partial charge in [0.25, 0.3) is 0 Å². The van der Waals surface area contributed by atoms with Gasteiger partial charge in [0.2, 0.25) is 0 Å². The fourth-order valence-electron chi connectivity index (χ4n) is 1.66. The smallest absolute Gasteiger partial charge is 0.0641 e. The predicted octanol–water partition coefficient (Wildman–Crippen LogP) is 0.897. The molecule has 0 aromatic carbocycles. The second-order valence-electron chi connectivity index (χ2n) is 3.94. The van der Waals surface area contributed by atoms with Crippen molar-refractivity contribution in [2.45, 2.75) is 39.8 Å². The lowest BCUT2D eigenvalue weighted by Crippen LogP contribution is -2.31. The highest BCUT2D eigenvalue weighted by atomic mass is 16.3. The summed E-state index contributed by atoms with van der Waals surface area (Å²) >= 11 is 0. The van der Waals surface area contributed by atoms with E-state index in [2.05, 4.69) is 24.3 Å². The third-order valence-electron chi connectivity index (χ3n) is 2.94. The fourth-order valence-corrected chi connectivity index (χ4v) is 1.66. The van der Waals surface area contributed by atoms with Gasteiger partial charge in [0.05, 0.1) is 12.3 Å². The van der Waals surface area contributed by atoms with Crippen LogP contribution < -0.4 is 5.32 Å². The average molecular weight is 211 g/mol. The highest BCUT2D eigenvalue weighted by Gasteiger charge is 2.10. The van der Waals surface area contributed by atoms with E-state index in [1.165, 1.54) is 11.3 Å². The summed E-state index contributed by atoms with van der Waals surface area (Å²) in [5.74, 6) is 0. The molecule has 1 atom stereocenters. The molecule has 86 valence electrons. The minimum absolute atomic E-state index is 0.184. The van der Waals surface area contributed by atoms with Crippen LogP contribution in [0.5, 0.6) is 0 Å². The number of nitrogens with one attached hydrogen (secondary N) is 1. The van der Waals surface area contributed by atoms with Gasteiger partial charge in [-0.1, -0.05) is 6.92 Å². The Hall–Kier alpha value is -0.870. The van der Waals surface area contributed by atoms with E-state index in [1.807, 2.05) is 18.7 Å². The summed E-state index contributed by atoms with van der Waals surface area (Å²) in [6.45, 7) is 7.12. The van der Waals surface area contributed by atoms with E-state index < -0.39 is 0 Å². The normalized spacial score (nSPS) is 13.1. The van der Waals surface area contributed by atoms with Gasteiger partial charge in [-0.25, -0.2) is 0 Å². The molecule has 1 aromatic rings. The molecule has 0 saturated carbocycles. The van der Waals surface area contributed by atoms with Crippen LogP contribution in [-0.2, 0) is 13.6 Å². The molecule has 4 heteroatoms. The van der Waals surface area contributed by atoms with Crippen LogP contribution in [0, 0.1) is 13.8 Å². The maximum Gasteiger partial charge on any atom is 0.0641 e. The summed E-state index contributed by atoms with van der Waals surface area (Å²) in [6.07, 6.45) is 0.939. The van der Waals surface area contributed by atoms with Crippen LogP contribution in [0.1, 0.15) is 30.3 Å². The van der Waals surface area contributed by atoms with Crippen LogP contribution in [0.3, 0.4) is 0 Å². The van der Waals surface area contributed by atoms with Gasteiger partial charge in [-0.3, -0.25) is 4.68 Å². The molecule has 0 bridgehead atoms. The van der Waals surface area contributed by atoms with Gasteiger partial charge in [-0.2, -0.15) is 5.10 Å². The Labute approximate surface area is 91.3 Å². The lowest BCUT2D eigenvalue weighted by molar-refractivity contribution is 0.238. The Bertz CT molecular complexity index is 316. The second kappa shape index (κ2) is 5.28. The molecule has 2 N–H and O–H groups in total. The minimum atomic E-state index is 0.184. The molecule has 0 amide bonds. The highest BCUT2D eigenvalue weighted by molar-refractivity contribution is 5.24. The maximum atomic E-state index is 9.06. The highest BCUT2D eigenvalue weighted by Crippen LogP contribution is 2.11. The number of aliphatic hydroxyl groups excluding tert-OH is 1. The Kier molecular flexibility index (Phi) is 4.29. The van der Waals surface area contributed by atoms with Gasteiger partial charge in [-0.15, -0.1) is 0 Å². The summed E-state index contributed by atoms with van der Waals surface area (Å²) in [7, 11) is 1.95. The molecule has 1 aromatic heterocycles. The first kappa shape index (κ1) is 12.2. The molecule has 0 saturated heterocycles. The zero-order valence-corrected chi connectivity index (χ0v) is 10.0. The summed E-state index contributed by atoms with van der Waals surface area (Å²) in [5.41, 5.74) is 3.49. The van der Waals surface area contributed by atoms with Gasteiger partial charge in [0.15, 0.2) is 0 Å². The van der Waals surface area contributed by atoms with Crippen LogP contribution in [0.2, 0.25) is 0 Å². The average Bonchev–Trinajstić information content (AvgIpc) is 2.45. The quantitative estimate of drug-likeness (QED) is 0.760. The Morgan fingerprint density at radius 2 is 2.13 bits per heavy atom. The minimum Gasteiger partial charge on any atom is -0.395 e. The van der Waals surface area contributed by atoms with Crippen LogP contribution in [0.15, 0.2) is 0 Å². The molecule has 15 heavy (non-hydrogen) atoms. The standard InChI is InChI=1S/C11H21N3O/c1-5-10(7-15)12-6-11-8(2)13-14(4)9(11)3/h10,12,15H,5-7H2,1-4H3/t10-/m0/s1. The number of hydrogen-bond acceptors (Lipinski definition) is 3. The lowest BCUT2D eigenvalue weighted by Gasteiger charge is -2.13. The number of rotatable bonds is 5. The molecule has 0 spiro atoms. The van der Waals surface area contributed by atoms with Crippen molar-refractivity contribution in [3.8, 4) is 0 Å². The summed E-state index contributed by atoms with van der Waals surface area (Å²) in [6, 6.07) is 0.184. The molecule has 0 aliphatic rings. The Morgan fingerprint density at radius 3 is 2.53 bits per heavy atom. The second-order valence-corrected chi connectivity index (χ2v) is 3.94. The van der Waals surface area contributed by atoms with E-state index in [9.17, 15) is 0 Å². The van der Waals surface area contributed by atoms with Gasteiger partial charge >= 0.3 is 0 Å². The van der Waals surface area contributed by atoms with Crippen molar-refractivity contribution >= 4 is 0 Å². The third kappa shape index (κ3) is 2.79. The van der Waals surface area contributed by atoms with E-state index in [0.29, 0.717) is 0 Å². The molecule has 0 aliphatic heterocycles. The van der Waals surface area contributed by atoms with Crippen molar-refractivity contribution in [1.82, 2.24) is 15.1 Å². The number of aromatic nitrogens is 2. The first-order valence-electron chi connectivity index (χ1n) is 5.43. The van der Waals surface area contributed by atoms with E-state index in [1.54, 1.807) is 0 Å². The van der Waals surface area contributed by atoms with Crippen molar-refractivity contribution in [2.75, 3.05) is 6.61 Å². The van der Waals surface area contributed by atoms with Crippen LogP contribution in [-0.4, -0.2) is 27.5 Å². The Balaban J connectivity index is 2.64. The number of nitrogens with zero attached hydrogens (tertiary/aromatic N) is 2. The SMILES string of the molecule is CC[C@@H](CO)NCc1c(C)nn(C)c1C. The molecule has 1 rings (SSSR count). The molecular formula is C11H21N3O. The first-order valence-corrected chi connectivity index (χ1v) is 5.43. The van der Waals surface area contributed by atoms with Gasteiger partial charge in [0.1, 0.15) is 0 Å². The van der Waals surface area contributed by atoms with Crippen LogP contribution >= 0.6 is 0 Å². The van der Waals surface area contributed by atoms with Gasteiger partial charge < -0.3 is 10.4 Å². The van der Waals surface area contributed by atoms with Crippen molar-refractivity contribution in [1.29, 1.82) is 0 Å². The topological polar surface area (TPSA) is 50.1 Å². The molecule has 4 nitrogen and oxygen atoms in total. The lowest BCUT2D eigenvalue weighted by atomic mass is 10.1. The van der Waals surface area contributed by atoms with Crippen molar-refractivity contribution < 1.29 is 5.11 Å². The maximum absolute atomic E-state index is 9.06. The van der Waals surface area contributed by atoms with Crippen molar-refractivity contribution in [3.63, 3.8) is 0 Å². The van der Waals surface area contributed by atoms with E-state index >= 15 is 0 Å². The van der Waals surface area contributed by atoms with E-state index in [-0.39, 0.29) is 12.6 Å². The number of aliphatic hydroxyl groups is 1. The van der Waals surface area contributed by atoms with Gasteiger partial charge in [-0.05, 0) is 20.3 Å². The predicted molar refractivity (Wildman–Crippen MR) is 60.7 cm³/mol. The fraction of sp³-hybridized carbons (Fsp3) is 0.727. The molecule has 1 heterocycles. The van der Waals surface area contributed by atoms with Crippen LogP contribution in [0.4, 0.5) is 0 Å². The zero-order chi connectivity index (χ0) is 11.4.